The van der Waals surface area contributed by atoms with Crippen molar-refractivity contribution < 1.29 is 4.39 Å². The fourth-order valence-electron chi connectivity index (χ4n) is 3.10. The summed E-state index contributed by atoms with van der Waals surface area (Å²) in [5.41, 5.74) is 7.78. The molecule has 0 aliphatic heterocycles. The molecule has 0 aromatic heterocycles. The lowest BCUT2D eigenvalue weighted by molar-refractivity contribution is 0.227. The summed E-state index contributed by atoms with van der Waals surface area (Å²) in [7, 11) is 2.15. The lowest BCUT2D eigenvalue weighted by Crippen LogP contribution is -2.27. The van der Waals surface area contributed by atoms with E-state index in [0.717, 1.165) is 30.1 Å². The van der Waals surface area contributed by atoms with Crippen molar-refractivity contribution in [1.29, 1.82) is 0 Å². The van der Waals surface area contributed by atoms with Crippen molar-refractivity contribution >= 4 is 0 Å². The molecule has 0 amide bonds. The van der Waals surface area contributed by atoms with Crippen LogP contribution in [0.3, 0.4) is 0 Å². The molecule has 0 saturated heterocycles. The highest BCUT2D eigenvalue weighted by Crippen LogP contribution is 2.24. The largest absolute Gasteiger partial charge is 0.326 e. The van der Waals surface area contributed by atoms with Gasteiger partial charge in [-0.1, -0.05) is 25.3 Å². The van der Waals surface area contributed by atoms with E-state index < -0.39 is 0 Å². The molecule has 2 rings (SSSR count). The van der Waals surface area contributed by atoms with Gasteiger partial charge in [-0.25, -0.2) is 4.39 Å². The first-order chi connectivity index (χ1) is 9.19. The molecule has 0 bridgehead atoms. The van der Waals surface area contributed by atoms with Gasteiger partial charge in [-0.15, -0.1) is 0 Å². The molecule has 1 aromatic carbocycles. The fourth-order valence-corrected chi connectivity index (χ4v) is 3.10. The van der Waals surface area contributed by atoms with Crippen LogP contribution in [0.15, 0.2) is 18.2 Å². The number of benzene rings is 1. The highest BCUT2D eigenvalue weighted by molar-refractivity contribution is 5.27. The van der Waals surface area contributed by atoms with Crippen LogP contribution in [0.2, 0.25) is 0 Å². The van der Waals surface area contributed by atoms with Crippen LogP contribution in [-0.2, 0) is 13.1 Å². The molecule has 0 atom stereocenters. The van der Waals surface area contributed by atoms with E-state index in [4.69, 9.17) is 5.73 Å². The molecule has 2 nitrogen and oxygen atoms in total. The molecular weight excluding hydrogens is 239 g/mol. The Morgan fingerprint density at radius 3 is 2.63 bits per heavy atom. The van der Waals surface area contributed by atoms with E-state index in [9.17, 15) is 4.39 Å². The maximum absolute atomic E-state index is 13.2. The van der Waals surface area contributed by atoms with Gasteiger partial charge in [0.05, 0.1) is 0 Å². The van der Waals surface area contributed by atoms with Crippen LogP contribution in [-0.4, -0.2) is 18.5 Å². The molecule has 19 heavy (non-hydrogen) atoms. The number of halogens is 1. The SMILES string of the molecule is CN(Cc1ccc(F)cc1CN)CC1CCCCC1. The Bertz CT molecular complexity index is 400. The van der Waals surface area contributed by atoms with E-state index in [1.807, 2.05) is 6.07 Å². The molecule has 3 heteroatoms. The zero-order chi connectivity index (χ0) is 13.7. The van der Waals surface area contributed by atoms with Gasteiger partial charge >= 0.3 is 0 Å². The minimum Gasteiger partial charge on any atom is -0.326 e. The third-order valence-corrected chi connectivity index (χ3v) is 4.12. The van der Waals surface area contributed by atoms with Gasteiger partial charge in [0.2, 0.25) is 0 Å². The van der Waals surface area contributed by atoms with E-state index in [1.165, 1.54) is 38.2 Å². The molecule has 2 N–H and O–H groups in total. The van der Waals surface area contributed by atoms with Gasteiger partial charge < -0.3 is 10.6 Å². The highest BCUT2D eigenvalue weighted by atomic mass is 19.1. The molecule has 0 heterocycles. The summed E-state index contributed by atoms with van der Waals surface area (Å²) < 4.78 is 13.2. The zero-order valence-corrected chi connectivity index (χ0v) is 11.9. The van der Waals surface area contributed by atoms with Crippen molar-refractivity contribution in [3.63, 3.8) is 0 Å². The van der Waals surface area contributed by atoms with Gasteiger partial charge in [-0.05, 0) is 49.1 Å². The van der Waals surface area contributed by atoms with E-state index in [1.54, 1.807) is 6.07 Å². The first-order valence-corrected chi connectivity index (χ1v) is 7.35. The molecule has 106 valence electrons. The smallest absolute Gasteiger partial charge is 0.123 e. The Morgan fingerprint density at radius 2 is 1.95 bits per heavy atom. The summed E-state index contributed by atoms with van der Waals surface area (Å²) in [5.74, 6) is 0.639. The van der Waals surface area contributed by atoms with Gasteiger partial charge in [0.1, 0.15) is 5.82 Å². The average molecular weight is 264 g/mol. The Hall–Kier alpha value is -0.930. The van der Waals surface area contributed by atoms with E-state index in [2.05, 4.69) is 11.9 Å². The lowest BCUT2D eigenvalue weighted by atomic mass is 9.89. The third kappa shape index (κ3) is 4.29. The molecule has 0 radical (unpaired) electrons. The predicted molar refractivity (Wildman–Crippen MR) is 77.2 cm³/mol. The predicted octanol–water partition coefficient (Wildman–Crippen LogP) is 3.30. The van der Waals surface area contributed by atoms with Gasteiger partial charge in [-0.3, -0.25) is 0 Å². The van der Waals surface area contributed by atoms with Gasteiger partial charge in [0.25, 0.3) is 0 Å². The fraction of sp³-hybridized carbons (Fsp3) is 0.625. The zero-order valence-electron chi connectivity index (χ0n) is 11.9. The Labute approximate surface area is 115 Å². The van der Waals surface area contributed by atoms with Crippen LogP contribution in [0.1, 0.15) is 43.2 Å². The van der Waals surface area contributed by atoms with Gasteiger partial charge in [-0.2, -0.15) is 0 Å². The summed E-state index contributed by atoms with van der Waals surface area (Å²) in [6.07, 6.45) is 6.87. The highest BCUT2D eigenvalue weighted by Gasteiger charge is 2.16. The van der Waals surface area contributed by atoms with Gasteiger partial charge in [0, 0.05) is 19.6 Å². The minimum atomic E-state index is -0.195. The number of rotatable bonds is 5. The van der Waals surface area contributed by atoms with Crippen LogP contribution in [0.4, 0.5) is 4.39 Å². The Balaban J connectivity index is 1.92. The van der Waals surface area contributed by atoms with Gasteiger partial charge in [0.15, 0.2) is 0 Å². The van der Waals surface area contributed by atoms with Crippen LogP contribution in [0.25, 0.3) is 0 Å². The second-order valence-corrected chi connectivity index (χ2v) is 5.82. The molecule has 0 spiro atoms. The van der Waals surface area contributed by atoms with E-state index >= 15 is 0 Å². The summed E-state index contributed by atoms with van der Waals surface area (Å²) in [4.78, 5) is 2.35. The Morgan fingerprint density at radius 1 is 1.21 bits per heavy atom. The lowest BCUT2D eigenvalue weighted by Gasteiger charge is -2.27. The topological polar surface area (TPSA) is 29.3 Å². The summed E-state index contributed by atoms with van der Waals surface area (Å²) >= 11 is 0. The molecule has 1 aliphatic rings. The second kappa shape index (κ2) is 7.01. The first-order valence-electron chi connectivity index (χ1n) is 7.35. The van der Waals surface area contributed by atoms with Crippen LogP contribution < -0.4 is 5.73 Å². The molecule has 0 unspecified atom stereocenters. The molecule has 1 fully saturated rings. The molecule has 1 aromatic rings. The maximum Gasteiger partial charge on any atom is 0.123 e. The van der Waals surface area contributed by atoms with Crippen molar-refractivity contribution in [2.24, 2.45) is 11.7 Å². The minimum absolute atomic E-state index is 0.195. The summed E-state index contributed by atoms with van der Waals surface area (Å²) in [6, 6.07) is 4.96. The van der Waals surface area contributed by atoms with Crippen molar-refractivity contribution in [2.75, 3.05) is 13.6 Å². The van der Waals surface area contributed by atoms with Crippen molar-refractivity contribution in [3.8, 4) is 0 Å². The van der Waals surface area contributed by atoms with Crippen LogP contribution in [0, 0.1) is 11.7 Å². The van der Waals surface area contributed by atoms with Crippen LogP contribution >= 0.6 is 0 Å². The van der Waals surface area contributed by atoms with Crippen molar-refractivity contribution in [1.82, 2.24) is 4.90 Å². The maximum atomic E-state index is 13.2. The number of nitrogens with zero attached hydrogens (tertiary/aromatic N) is 1. The molecular formula is C16H25FN2. The normalized spacial score (nSPS) is 17.1. The van der Waals surface area contributed by atoms with E-state index in [0.29, 0.717) is 6.54 Å². The van der Waals surface area contributed by atoms with E-state index in [-0.39, 0.29) is 5.82 Å². The standard InChI is InChI=1S/C16H25FN2/c1-19(11-13-5-3-2-4-6-13)12-14-7-8-16(17)9-15(14)10-18/h7-9,13H,2-6,10-12,18H2,1H3. The first kappa shape index (κ1) is 14.5. The molecule has 1 aliphatic carbocycles. The number of nitrogens with two attached hydrogens (primary N) is 1. The van der Waals surface area contributed by atoms with Crippen molar-refractivity contribution in [3.05, 3.63) is 35.1 Å². The monoisotopic (exact) mass is 264 g/mol. The summed E-state index contributed by atoms with van der Waals surface area (Å²) in [5, 5.41) is 0. The molecule has 1 saturated carbocycles. The summed E-state index contributed by atoms with van der Waals surface area (Å²) in [6.45, 7) is 2.41. The number of hydrogen-bond acceptors (Lipinski definition) is 2. The second-order valence-electron chi connectivity index (χ2n) is 5.82. The Kier molecular flexibility index (Phi) is 5.34. The third-order valence-electron chi connectivity index (χ3n) is 4.12. The van der Waals surface area contributed by atoms with Crippen molar-refractivity contribution in [2.45, 2.75) is 45.2 Å². The number of hydrogen-bond donors (Lipinski definition) is 1. The average Bonchev–Trinajstić information content (AvgIpc) is 2.42. The van der Waals surface area contributed by atoms with Crippen LogP contribution in [0.5, 0.6) is 0 Å². The quantitative estimate of drug-likeness (QED) is 0.884.